The lowest BCUT2D eigenvalue weighted by molar-refractivity contribution is -0.121. The van der Waals surface area contributed by atoms with Gasteiger partial charge in [-0.1, -0.05) is 25.4 Å². The van der Waals surface area contributed by atoms with Gasteiger partial charge in [-0.25, -0.2) is 0 Å². The fourth-order valence-corrected chi connectivity index (χ4v) is 1.92. The molecule has 4 heteroatoms. The summed E-state index contributed by atoms with van der Waals surface area (Å²) in [4.78, 5) is 12.1. The van der Waals surface area contributed by atoms with E-state index >= 15 is 0 Å². The molecule has 0 saturated carbocycles. The summed E-state index contributed by atoms with van der Waals surface area (Å²) in [6.07, 6.45) is 0.357. The largest absolute Gasteiger partial charge is 0.496 e. The second-order valence-corrected chi connectivity index (χ2v) is 4.74. The molecule has 0 aromatic heterocycles. The first-order valence-corrected chi connectivity index (χ1v) is 6.52. The normalized spacial score (nSPS) is 12.2. The number of ether oxygens (including phenoxy) is 1. The van der Waals surface area contributed by atoms with Crippen molar-refractivity contribution in [1.29, 1.82) is 0 Å². The molecule has 1 aromatic rings. The summed E-state index contributed by atoms with van der Waals surface area (Å²) in [6.45, 7) is 5.54. The molecule has 1 aromatic carbocycles. The first kappa shape index (κ1) is 15.0. The smallest absolute Gasteiger partial charge is 0.141 e. The molecule has 0 saturated heterocycles. The van der Waals surface area contributed by atoms with Gasteiger partial charge in [-0.05, 0) is 24.7 Å². The van der Waals surface area contributed by atoms with Crippen molar-refractivity contribution in [2.75, 3.05) is 20.2 Å². The zero-order chi connectivity index (χ0) is 13.5. The van der Waals surface area contributed by atoms with E-state index in [9.17, 15) is 4.79 Å². The molecule has 0 amide bonds. The Kier molecular flexibility index (Phi) is 6.16. The number of hydrogen-bond donors (Lipinski definition) is 1. The van der Waals surface area contributed by atoms with Crippen LogP contribution >= 0.6 is 11.6 Å². The highest BCUT2D eigenvalue weighted by molar-refractivity contribution is 6.30. The number of nitrogens with one attached hydrogen (secondary N) is 1. The van der Waals surface area contributed by atoms with Crippen molar-refractivity contribution in [3.8, 4) is 5.75 Å². The first-order valence-electron chi connectivity index (χ1n) is 6.14. The SMILES string of the molecule is CCNCC(C)C(=O)Cc1cc(Cl)ccc1OC. The maximum atomic E-state index is 12.1. The third-order valence-electron chi connectivity index (χ3n) is 2.86. The molecule has 0 radical (unpaired) electrons. The van der Waals surface area contributed by atoms with Gasteiger partial charge >= 0.3 is 0 Å². The highest BCUT2D eigenvalue weighted by Crippen LogP contribution is 2.23. The van der Waals surface area contributed by atoms with Crippen LogP contribution in [0.15, 0.2) is 18.2 Å². The molecule has 0 spiro atoms. The minimum atomic E-state index is -0.00589. The molecule has 3 nitrogen and oxygen atoms in total. The van der Waals surface area contributed by atoms with Crippen LogP contribution in [0.5, 0.6) is 5.75 Å². The Morgan fingerprint density at radius 1 is 1.50 bits per heavy atom. The van der Waals surface area contributed by atoms with E-state index in [1.54, 1.807) is 25.3 Å². The Balaban J connectivity index is 2.71. The van der Waals surface area contributed by atoms with Gasteiger partial charge in [0.15, 0.2) is 0 Å². The third kappa shape index (κ3) is 4.31. The van der Waals surface area contributed by atoms with Crippen LogP contribution in [0.25, 0.3) is 0 Å². The quantitative estimate of drug-likeness (QED) is 0.827. The fourth-order valence-electron chi connectivity index (χ4n) is 1.72. The lowest BCUT2D eigenvalue weighted by Crippen LogP contribution is -2.27. The van der Waals surface area contributed by atoms with Crippen LogP contribution in [0, 0.1) is 5.92 Å². The van der Waals surface area contributed by atoms with E-state index in [2.05, 4.69) is 5.32 Å². The van der Waals surface area contributed by atoms with Gasteiger partial charge < -0.3 is 10.1 Å². The first-order chi connectivity index (χ1) is 8.58. The van der Waals surface area contributed by atoms with Crippen molar-refractivity contribution in [1.82, 2.24) is 5.32 Å². The predicted octanol–water partition coefficient (Wildman–Crippen LogP) is 2.71. The van der Waals surface area contributed by atoms with Gasteiger partial charge in [-0.2, -0.15) is 0 Å². The number of rotatable bonds is 7. The van der Waals surface area contributed by atoms with Crippen LogP contribution in [-0.2, 0) is 11.2 Å². The standard InChI is InChI=1S/C14H20ClNO2/c1-4-16-9-10(2)13(17)8-11-7-12(15)5-6-14(11)18-3/h5-7,10,16H,4,8-9H2,1-3H3. The number of ketones is 1. The van der Waals surface area contributed by atoms with E-state index in [1.807, 2.05) is 13.8 Å². The number of halogens is 1. The number of benzene rings is 1. The third-order valence-corrected chi connectivity index (χ3v) is 3.09. The molecular formula is C14H20ClNO2. The molecule has 1 N–H and O–H groups in total. The Labute approximate surface area is 113 Å². The van der Waals surface area contributed by atoms with Crippen molar-refractivity contribution in [3.63, 3.8) is 0 Å². The Morgan fingerprint density at radius 2 is 2.22 bits per heavy atom. The van der Waals surface area contributed by atoms with Crippen LogP contribution in [0.4, 0.5) is 0 Å². The zero-order valence-corrected chi connectivity index (χ0v) is 11.9. The molecule has 0 aliphatic rings. The minimum absolute atomic E-state index is 0.00589. The summed E-state index contributed by atoms with van der Waals surface area (Å²) in [5.74, 6) is 0.897. The monoisotopic (exact) mass is 269 g/mol. The second-order valence-electron chi connectivity index (χ2n) is 4.31. The molecule has 0 heterocycles. The number of methoxy groups -OCH3 is 1. The number of hydrogen-bond acceptors (Lipinski definition) is 3. The predicted molar refractivity (Wildman–Crippen MR) is 74.4 cm³/mol. The molecule has 0 aliphatic carbocycles. The van der Waals surface area contributed by atoms with Crippen LogP contribution in [0.3, 0.4) is 0 Å². The summed E-state index contributed by atoms with van der Waals surface area (Å²) < 4.78 is 5.24. The molecular weight excluding hydrogens is 250 g/mol. The van der Waals surface area contributed by atoms with Crippen LogP contribution in [-0.4, -0.2) is 26.0 Å². The van der Waals surface area contributed by atoms with Crippen LogP contribution in [0.2, 0.25) is 5.02 Å². The summed E-state index contributed by atoms with van der Waals surface area (Å²) in [6, 6.07) is 5.34. The lowest BCUT2D eigenvalue weighted by Gasteiger charge is -2.13. The van der Waals surface area contributed by atoms with Crippen molar-refractivity contribution in [2.45, 2.75) is 20.3 Å². The molecule has 18 heavy (non-hydrogen) atoms. The topological polar surface area (TPSA) is 38.3 Å². The summed E-state index contributed by atoms with van der Waals surface area (Å²) in [5.41, 5.74) is 0.846. The molecule has 0 bridgehead atoms. The molecule has 1 atom stereocenters. The van der Waals surface area contributed by atoms with E-state index in [0.29, 0.717) is 23.7 Å². The maximum Gasteiger partial charge on any atom is 0.141 e. The van der Waals surface area contributed by atoms with Gasteiger partial charge in [0.1, 0.15) is 11.5 Å². The van der Waals surface area contributed by atoms with Crippen LogP contribution < -0.4 is 10.1 Å². The zero-order valence-electron chi connectivity index (χ0n) is 11.1. The van der Waals surface area contributed by atoms with E-state index in [0.717, 1.165) is 12.1 Å². The van der Waals surface area contributed by atoms with Crippen molar-refractivity contribution in [2.24, 2.45) is 5.92 Å². The molecule has 0 aliphatic heterocycles. The van der Waals surface area contributed by atoms with E-state index in [4.69, 9.17) is 16.3 Å². The summed E-state index contributed by atoms with van der Waals surface area (Å²) >= 11 is 5.94. The van der Waals surface area contributed by atoms with Crippen molar-refractivity contribution >= 4 is 17.4 Å². The molecule has 0 fully saturated rings. The van der Waals surface area contributed by atoms with Gasteiger partial charge in [-0.15, -0.1) is 0 Å². The van der Waals surface area contributed by atoms with Gasteiger partial charge in [0.2, 0.25) is 0 Å². The minimum Gasteiger partial charge on any atom is -0.496 e. The average Bonchev–Trinajstić information content (AvgIpc) is 2.36. The average molecular weight is 270 g/mol. The van der Waals surface area contributed by atoms with Gasteiger partial charge in [0, 0.05) is 29.5 Å². The summed E-state index contributed by atoms with van der Waals surface area (Å²) in [7, 11) is 1.60. The van der Waals surface area contributed by atoms with Crippen LogP contribution in [0.1, 0.15) is 19.4 Å². The van der Waals surface area contributed by atoms with Crippen molar-refractivity contribution < 1.29 is 9.53 Å². The Morgan fingerprint density at radius 3 is 2.83 bits per heavy atom. The Hall–Kier alpha value is -1.06. The number of Topliss-reactive ketones (excluding diaryl/α,β-unsaturated/α-hetero) is 1. The second kappa shape index (κ2) is 7.39. The number of carbonyl (C=O) groups excluding carboxylic acids is 1. The van der Waals surface area contributed by atoms with Gasteiger partial charge in [0.05, 0.1) is 7.11 Å². The summed E-state index contributed by atoms with van der Waals surface area (Å²) in [5, 5.41) is 3.80. The van der Waals surface area contributed by atoms with Gasteiger partial charge in [-0.3, -0.25) is 4.79 Å². The van der Waals surface area contributed by atoms with E-state index < -0.39 is 0 Å². The molecule has 100 valence electrons. The number of carbonyl (C=O) groups is 1. The molecule has 1 rings (SSSR count). The van der Waals surface area contributed by atoms with Gasteiger partial charge in [0.25, 0.3) is 0 Å². The lowest BCUT2D eigenvalue weighted by atomic mass is 9.99. The van der Waals surface area contributed by atoms with E-state index in [-0.39, 0.29) is 11.7 Å². The highest BCUT2D eigenvalue weighted by Gasteiger charge is 2.15. The Bertz CT molecular complexity index is 407. The maximum absolute atomic E-state index is 12.1. The molecule has 1 unspecified atom stereocenters. The van der Waals surface area contributed by atoms with Crippen molar-refractivity contribution in [3.05, 3.63) is 28.8 Å². The fraction of sp³-hybridized carbons (Fsp3) is 0.500. The van der Waals surface area contributed by atoms with E-state index in [1.165, 1.54) is 0 Å². The highest BCUT2D eigenvalue weighted by atomic mass is 35.5.